The van der Waals surface area contributed by atoms with E-state index < -0.39 is 8.32 Å². The molecule has 1 fully saturated rings. The number of ether oxygens (including phenoxy) is 2. The molecular weight excluding hydrogens is 340 g/mol. The Morgan fingerprint density at radius 3 is 2.42 bits per heavy atom. The molecule has 1 aliphatic heterocycles. The molecule has 4 heteroatoms. The fourth-order valence-corrected chi connectivity index (χ4v) is 4.23. The maximum atomic E-state index is 6.67. The van der Waals surface area contributed by atoms with Gasteiger partial charge in [-0.2, -0.15) is 0 Å². The average Bonchev–Trinajstić information content (AvgIpc) is 3.37. The third-order valence-electron chi connectivity index (χ3n) is 5.62. The van der Waals surface area contributed by atoms with Gasteiger partial charge in [0.05, 0.1) is 19.3 Å². The minimum atomic E-state index is -1.71. The molecule has 0 N–H and O–H groups in total. The van der Waals surface area contributed by atoms with Gasteiger partial charge >= 0.3 is 0 Å². The Kier molecular flexibility index (Phi) is 8.33. The Hall–Kier alpha value is -0.683. The van der Waals surface area contributed by atoms with Crippen molar-refractivity contribution in [3.63, 3.8) is 0 Å². The normalized spacial score (nSPS) is 18.7. The lowest BCUT2D eigenvalue weighted by molar-refractivity contribution is 0.113. The van der Waals surface area contributed by atoms with Crippen LogP contribution in [0.25, 0.3) is 0 Å². The molecule has 2 rings (SSSR count). The van der Waals surface area contributed by atoms with E-state index in [0.29, 0.717) is 12.2 Å². The number of rotatable bonds is 12. The van der Waals surface area contributed by atoms with Crippen molar-refractivity contribution in [2.45, 2.75) is 89.8 Å². The summed E-state index contributed by atoms with van der Waals surface area (Å²) in [5.74, 6) is 0. The zero-order valence-corrected chi connectivity index (χ0v) is 18.4. The van der Waals surface area contributed by atoms with Crippen LogP contribution in [0, 0.1) is 0 Å². The molecule has 0 radical (unpaired) electrons. The minimum absolute atomic E-state index is 0.265. The highest BCUT2D eigenvalue weighted by molar-refractivity contribution is 6.74. The van der Waals surface area contributed by atoms with E-state index >= 15 is 0 Å². The lowest BCUT2D eigenvalue weighted by Gasteiger charge is -2.39. The van der Waals surface area contributed by atoms with Crippen LogP contribution in [-0.4, -0.2) is 33.7 Å². The van der Waals surface area contributed by atoms with Crippen molar-refractivity contribution >= 4 is 8.32 Å². The summed E-state index contributed by atoms with van der Waals surface area (Å²) in [6.07, 6.45) is 6.55. The summed E-state index contributed by atoms with van der Waals surface area (Å²) in [6, 6.07) is 10.4. The SMILES string of the molecule is CC(C)(C)[Si](C)(C)O[C@@H](CCCCCOCc1ccccc1)C[C@H]1CO1. The first-order valence-electron chi connectivity index (χ1n) is 10.2. The Bertz CT molecular complexity index is 506. The maximum Gasteiger partial charge on any atom is 0.192 e. The first kappa shape index (κ1) is 21.6. The zero-order valence-electron chi connectivity index (χ0n) is 17.4. The van der Waals surface area contributed by atoms with Gasteiger partial charge in [0.1, 0.15) is 0 Å². The molecule has 3 nitrogen and oxygen atoms in total. The van der Waals surface area contributed by atoms with E-state index in [0.717, 1.165) is 39.1 Å². The smallest absolute Gasteiger partial charge is 0.192 e. The second kappa shape index (κ2) is 10.0. The number of unbranched alkanes of at least 4 members (excludes halogenated alkanes) is 2. The summed E-state index contributed by atoms with van der Waals surface area (Å²) >= 11 is 0. The predicted octanol–water partition coefficient (Wildman–Crippen LogP) is 5.94. The molecule has 148 valence electrons. The lowest BCUT2D eigenvalue weighted by atomic mass is 10.1. The van der Waals surface area contributed by atoms with Gasteiger partial charge in [-0.25, -0.2) is 0 Å². The summed E-state index contributed by atoms with van der Waals surface area (Å²) in [7, 11) is -1.71. The van der Waals surface area contributed by atoms with E-state index in [2.05, 4.69) is 58.1 Å². The molecule has 1 aromatic carbocycles. The number of epoxide rings is 1. The Balaban J connectivity index is 1.62. The lowest BCUT2D eigenvalue weighted by Crippen LogP contribution is -2.44. The van der Waals surface area contributed by atoms with Crippen molar-refractivity contribution in [3.8, 4) is 0 Å². The van der Waals surface area contributed by atoms with Crippen LogP contribution in [0.15, 0.2) is 30.3 Å². The van der Waals surface area contributed by atoms with Crippen LogP contribution in [0.3, 0.4) is 0 Å². The molecule has 0 saturated carbocycles. The topological polar surface area (TPSA) is 31.0 Å². The van der Waals surface area contributed by atoms with Crippen LogP contribution in [0.5, 0.6) is 0 Å². The molecule has 1 saturated heterocycles. The number of hydrogen-bond acceptors (Lipinski definition) is 3. The van der Waals surface area contributed by atoms with Gasteiger partial charge in [-0.1, -0.05) is 63.9 Å². The van der Waals surface area contributed by atoms with E-state index in [4.69, 9.17) is 13.9 Å². The van der Waals surface area contributed by atoms with Crippen LogP contribution in [0.4, 0.5) is 0 Å². The quantitative estimate of drug-likeness (QED) is 0.256. The van der Waals surface area contributed by atoms with E-state index in [1.54, 1.807) is 0 Å². The van der Waals surface area contributed by atoms with Gasteiger partial charge in [0.15, 0.2) is 8.32 Å². The summed E-state index contributed by atoms with van der Waals surface area (Å²) in [4.78, 5) is 0. The van der Waals surface area contributed by atoms with Crippen molar-refractivity contribution in [1.29, 1.82) is 0 Å². The molecule has 2 atom stereocenters. The van der Waals surface area contributed by atoms with Gasteiger partial charge in [0, 0.05) is 19.1 Å². The van der Waals surface area contributed by atoms with Crippen LogP contribution in [-0.2, 0) is 20.5 Å². The highest BCUT2D eigenvalue weighted by Crippen LogP contribution is 2.38. The van der Waals surface area contributed by atoms with Crippen LogP contribution < -0.4 is 0 Å². The van der Waals surface area contributed by atoms with Gasteiger partial charge in [-0.3, -0.25) is 0 Å². The largest absolute Gasteiger partial charge is 0.414 e. The van der Waals surface area contributed by atoms with Gasteiger partial charge in [-0.05, 0) is 36.5 Å². The third kappa shape index (κ3) is 7.91. The Morgan fingerprint density at radius 1 is 1.12 bits per heavy atom. The third-order valence-corrected chi connectivity index (χ3v) is 10.2. The van der Waals surface area contributed by atoms with E-state index in [9.17, 15) is 0 Å². The maximum absolute atomic E-state index is 6.67. The van der Waals surface area contributed by atoms with Crippen LogP contribution in [0.1, 0.15) is 58.4 Å². The Labute approximate surface area is 161 Å². The van der Waals surface area contributed by atoms with Gasteiger partial charge in [-0.15, -0.1) is 0 Å². The van der Waals surface area contributed by atoms with Crippen molar-refractivity contribution in [2.75, 3.05) is 13.2 Å². The van der Waals surface area contributed by atoms with Crippen LogP contribution in [0.2, 0.25) is 18.1 Å². The molecule has 0 unspecified atom stereocenters. The van der Waals surface area contributed by atoms with Gasteiger partial charge < -0.3 is 13.9 Å². The molecule has 0 bridgehead atoms. The number of hydrogen-bond donors (Lipinski definition) is 0. The molecule has 1 aliphatic rings. The fraction of sp³-hybridized carbons (Fsp3) is 0.727. The first-order chi connectivity index (χ1) is 12.3. The molecular formula is C22H38O3Si. The molecule has 0 amide bonds. The second-order valence-electron chi connectivity index (χ2n) is 9.08. The molecule has 0 spiro atoms. The van der Waals surface area contributed by atoms with Gasteiger partial charge in [0.25, 0.3) is 0 Å². The summed E-state index contributed by atoms with van der Waals surface area (Å²) < 4.78 is 17.9. The monoisotopic (exact) mass is 378 g/mol. The second-order valence-corrected chi connectivity index (χ2v) is 13.8. The first-order valence-corrected chi connectivity index (χ1v) is 13.1. The molecule has 0 aromatic heterocycles. The predicted molar refractivity (Wildman–Crippen MR) is 111 cm³/mol. The van der Waals surface area contributed by atoms with E-state index in [1.807, 2.05) is 6.07 Å². The molecule has 26 heavy (non-hydrogen) atoms. The Morgan fingerprint density at radius 2 is 1.81 bits per heavy atom. The fourth-order valence-electron chi connectivity index (χ4n) is 2.83. The summed E-state index contributed by atoms with van der Waals surface area (Å²) in [5.41, 5.74) is 1.25. The minimum Gasteiger partial charge on any atom is -0.414 e. The summed E-state index contributed by atoms with van der Waals surface area (Å²) in [6.45, 7) is 14.1. The van der Waals surface area contributed by atoms with Crippen molar-refractivity contribution < 1.29 is 13.9 Å². The van der Waals surface area contributed by atoms with Crippen molar-refractivity contribution in [3.05, 3.63) is 35.9 Å². The van der Waals surface area contributed by atoms with E-state index in [-0.39, 0.29) is 5.04 Å². The molecule has 1 heterocycles. The zero-order chi connectivity index (χ0) is 19.0. The van der Waals surface area contributed by atoms with Crippen LogP contribution >= 0.6 is 0 Å². The molecule has 0 aliphatic carbocycles. The standard InChI is InChI=1S/C22H38O3Si/c1-22(2,3)26(4,5)25-20(16-21-18-24-21)14-10-7-11-15-23-17-19-12-8-6-9-13-19/h6,8-9,12-13,20-21H,7,10-11,14-18H2,1-5H3/t20-,21-/m0/s1. The van der Waals surface area contributed by atoms with Gasteiger partial charge in [0.2, 0.25) is 0 Å². The van der Waals surface area contributed by atoms with Crippen molar-refractivity contribution in [2.24, 2.45) is 0 Å². The summed E-state index contributed by atoms with van der Waals surface area (Å²) in [5, 5.41) is 0.265. The highest BCUT2D eigenvalue weighted by Gasteiger charge is 2.40. The van der Waals surface area contributed by atoms with E-state index in [1.165, 1.54) is 18.4 Å². The van der Waals surface area contributed by atoms with Crippen molar-refractivity contribution in [1.82, 2.24) is 0 Å². The number of benzene rings is 1. The average molecular weight is 379 g/mol. The highest BCUT2D eigenvalue weighted by atomic mass is 28.4. The molecule has 1 aromatic rings.